The monoisotopic (exact) mass is 666 g/mol. The maximum absolute atomic E-state index is 14.1. The van der Waals surface area contributed by atoms with Crippen molar-refractivity contribution in [3.63, 3.8) is 0 Å². The number of amides is 2. The molecule has 0 saturated heterocycles. The van der Waals surface area contributed by atoms with Crippen LogP contribution in [0.4, 0.5) is 47.3 Å². The van der Waals surface area contributed by atoms with Gasteiger partial charge in [-0.05, 0) is 48.5 Å². The van der Waals surface area contributed by atoms with E-state index in [-0.39, 0.29) is 26.3 Å². The van der Waals surface area contributed by atoms with Crippen LogP contribution >= 0.6 is 35.0 Å². The van der Waals surface area contributed by atoms with Crippen LogP contribution in [0.25, 0.3) is 0 Å². The molecule has 2 amide bonds. The van der Waals surface area contributed by atoms with Gasteiger partial charge in [0, 0.05) is 40.7 Å². The predicted molar refractivity (Wildman–Crippen MR) is 148 cm³/mol. The summed E-state index contributed by atoms with van der Waals surface area (Å²) in [5.74, 6) is -1.19. The van der Waals surface area contributed by atoms with Crippen molar-refractivity contribution in [2.75, 3.05) is 28.6 Å². The lowest BCUT2D eigenvalue weighted by Crippen LogP contribution is -2.55. The normalized spacial score (nSPS) is 14.7. The van der Waals surface area contributed by atoms with Crippen LogP contribution in [0.3, 0.4) is 0 Å². The molecule has 0 bridgehead atoms. The highest BCUT2D eigenvalue weighted by molar-refractivity contribution is 7.99. The Kier molecular flexibility index (Phi) is 8.87. The number of carbonyl (C=O) groups is 3. The molecule has 0 unspecified atom stereocenters. The summed E-state index contributed by atoms with van der Waals surface area (Å²) in [6, 6.07) is 9.11. The molecule has 43 heavy (non-hydrogen) atoms. The number of alkyl halides is 6. The molecule has 0 atom stereocenters. The molecule has 7 nitrogen and oxygen atoms in total. The van der Waals surface area contributed by atoms with E-state index in [9.17, 15) is 50.9 Å². The maximum atomic E-state index is 14.1. The number of fused-ring (bicyclic) bond motifs is 1. The second kappa shape index (κ2) is 11.8. The molecular weight excluding hydrogens is 649 g/mol. The lowest BCUT2D eigenvalue weighted by molar-refractivity contribution is -0.138. The third kappa shape index (κ3) is 6.65. The molecule has 1 aliphatic heterocycles. The van der Waals surface area contributed by atoms with Crippen LogP contribution in [0.5, 0.6) is 0 Å². The smallest absolute Gasteiger partial charge is 0.416 e. The van der Waals surface area contributed by atoms with Crippen molar-refractivity contribution in [1.29, 1.82) is 0 Å². The highest BCUT2D eigenvalue weighted by Gasteiger charge is 2.49. The van der Waals surface area contributed by atoms with Gasteiger partial charge in [-0.15, -0.1) is 11.8 Å². The average Bonchev–Trinajstić information content (AvgIpc) is 2.93. The number of ketones is 1. The third-order valence-corrected chi connectivity index (χ3v) is 8.95. The van der Waals surface area contributed by atoms with Crippen LogP contribution in [-0.2, 0) is 12.4 Å². The van der Waals surface area contributed by atoms with E-state index in [4.69, 9.17) is 23.2 Å². The largest absolute Gasteiger partial charge is 0.465 e. The van der Waals surface area contributed by atoms with Crippen LogP contribution in [-0.4, -0.2) is 47.0 Å². The number of carboxylic acid groups (broad SMARTS) is 2. The number of carbonyl (C=O) groups excluding carboxylic acids is 1. The van der Waals surface area contributed by atoms with Gasteiger partial charge in [-0.25, -0.2) is 9.59 Å². The van der Waals surface area contributed by atoms with Gasteiger partial charge in [0.2, 0.25) is 0 Å². The van der Waals surface area contributed by atoms with Crippen LogP contribution in [0.2, 0.25) is 10.0 Å². The molecule has 1 aliphatic rings. The molecule has 0 aliphatic carbocycles. The topological polar surface area (TPSA) is 98.2 Å². The highest BCUT2D eigenvalue weighted by atomic mass is 35.5. The summed E-state index contributed by atoms with van der Waals surface area (Å²) in [6.07, 6.45) is -13.2. The van der Waals surface area contributed by atoms with Gasteiger partial charge >= 0.3 is 24.5 Å². The van der Waals surface area contributed by atoms with Gasteiger partial charge in [0.15, 0.2) is 5.78 Å². The maximum Gasteiger partial charge on any atom is 0.416 e. The quantitative estimate of drug-likeness (QED) is 0.256. The molecule has 2 N–H and O–H groups in total. The van der Waals surface area contributed by atoms with E-state index in [0.29, 0.717) is 34.1 Å². The van der Waals surface area contributed by atoms with Crippen molar-refractivity contribution in [2.45, 2.75) is 17.2 Å². The molecule has 16 heteroatoms. The number of hydrogen-bond acceptors (Lipinski definition) is 4. The van der Waals surface area contributed by atoms with E-state index < -0.39 is 71.3 Å². The zero-order valence-corrected chi connectivity index (χ0v) is 23.7. The molecule has 3 aromatic carbocycles. The standard InChI is InChI=1S/C27H18Cl2F6N2O5S/c28-19-8-7-18-21(20(19)29)43-13-25(22(18)38,11-36(23(39)40)16-5-1-3-14(9-16)26(30,31)32)12-37(24(41)42)17-6-2-4-15(10-17)27(33,34)35/h1-10H,11-13H2,(H,39,40)(H,41,42). The number of nitrogens with zero attached hydrogens (tertiary/aromatic N) is 2. The van der Waals surface area contributed by atoms with E-state index in [1.165, 1.54) is 12.1 Å². The van der Waals surface area contributed by atoms with Gasteiger partial charge in [0.1, 0.15) is 0 Å². The van der Waals surface area contributed by atoms with Crippen molar-refractivity contribution in [2.24, 2.45) is 5.41 Å². The fourth-order valence-corrected chi connectivity index (χ4v) is 6.37. The van der Waals surface area contributed by atoms with E-state index in [1.807, 2.05) is 0 Å². The summed E-state index contributed by atoms with van der Waals surface area (Å²) in [6.45, 7) is -1.73. The summed E-state index contributed by atoms with van der Waals surface area (Å²) < 4.78 is 80.6. The number of rotatable bonds is 6. The van der Waals surface area contributed by atoms with Gasteiger partial charge in [-0.3, -0.25) is 14.6 Å². The molecule has 3 aromatic rings. The van der Waals surface area contributed by atoms with Crippen LogP contribution < -0.4 is 9.80 Å². The molecule has 0 aromatic heterocycles. The summed E-state index contributed by atoms with van der Waals surface area (Å²) in [7, 11) is 0. The minimum atomic E-state index is -4.84. The third-order valence-electron chi connectivity index (χ3n) is 6.62. The predicted octanol–water partition coefficient (Wildman–Crippen LogP) is 8.68. The lowest BCUT2D eigenvalue weighted by atomic mass is 9.79. The molecule has 228 valence electrons. The molecule has 0 radical (unpaired) electrons. The number of halogens is 8. The number of Topliss-reactive ketones (excluding diaryl/α,β-unsaturated/α-hetero) is 1. The number of benzene rings is 3. The van der Waals surface area contributed by atoms with E-state index >= 15 is 0 Å². The Labute approximate surface area is 253 Å². The van der Waals surface area contributed by atoms with Crippen molar-refractivity contribution in [3.8, 4) is 0 Å². The minimum absolute atomic E-state index is 0.00736. The summed E-state index contributed by atoms with van der Waals surface area (Å²) in [5, 5.41) is 20.2. The van der Waals surface area contributed by atoms with Crippen molar-refractivity contribution >= 4 is 64.3 Å². The van der Waals surface area contributed by atoms with E-state index in [1.54, 1.807) is 0 Å². The SMILES string of the molecule is O=C(O)N(CC1(CN(C(=O)O)c2cccc(C(F)(F)F)c2)CSc2c(ccc(Cl)c2Cl)C1=O)c1cccc(C(F)(F)F)c1. The zero-order chi connectivity index (χ0) is 31.9. The molecular formula is C27H18Cl2F6N2O5S. The molecule has 1 heterocycles. The summed E-state index contributed by atoms with van der Waals surface area (Å²) in [5.41, 5.74) is -5.40. The Morgan fingerprint density at radius 1 is 0.814 bits per heavy atom. The Morgan fingerprint density at radius 3 is 1.70 bits per heavy atom. The Morgan fingerprint density at radius 2 is 1.28 bits per heavy atom. The first-order valence-electron chi connectivity index (χ1n) is 12.0. The molecule has 4 rings (SSSR count). The minimum Gasteiger partial charge on any atom is -0.465 e. The fourth-order valence-electron chi connectivity index (χ4n) is 4.54. The Bertz CT molecular complexity index is 1520. The highest BCUT2D eigenvalue weighted by Crippen LogP contribution is 2.47. The Hall–Kier alpha value is -3.62. The zero-order valence-electron chi connectivity index (χ0n) is 21.3. The fraction of sp³-hybridized carbons (Fsp3) is 0.222. The van der Waals surface area contributed by atoms with Gasteiger partial charge in [0.05, 0.1) is 26.6 Å². The van der Waals surface area contributed by atoms with Crippen LogP contribution in [0.15, 0.2) is 65.6 Å². The van der Waals surface area contributed by atoms with E-state index in [0.717, 1.165) is 36.0 Å². The number of thioether (sulfide) groups is 1. The second-order valence-electron chi connectivity index (χ2n) is 9.47. The molecule has 0 spiro atoms. The summed E-state index contributed by atoms with van der Waals surface area (Å²) >= 11 is 13.3. The van der Waals surface area contributed by atoms with Crippen molar-refractivity contribution < 1.29 is 50.9 Å². The lowest BCUT2D eigenvalue weighted by Gasteiger charge is -2.41. The van der Waals surface area contributed by atoms with Crippen molar-refractivity contribution in [1.82, 2.24) is 0 Å². The molecule has 0 saturated carbocycles. The number of hydrogen-bond donors (Lipinski definition) is 2. The average molecular weight is 667 g/mol. The van der Waals surface area contributed by atoms with Crippen molar-refractivity contribution in [3.05, 3.63) is 87.4 Å². The van der Waals surface area contributed by atoms with Gasteiger partial charge in [0.25, 0.3) is 0 Å². The van der Waals surface area contributed by atoms with Gasteiger partial charge in [-0.1, -0.05) is 35.3 Å². The second-order valence-corrected chi connectivity index (χ2v) is 11.2. The van der Waals surface area contributed by atoms with Gasteiger partial charge < -0.3 is 10.2 Å². The number of anilines is 2. The first-order valence-corrected chi connectivity index (χ1v) is 13.7. The van der Waals surface area contributed by atoms with E-state index in [2.05, 4.69) is 0 Å². The van der Waals surface area contributed by atoms with Crippen LogP contribution in [0.1, 0.15) is 21.5 Å². The Balaban J connectivity index is 1.87. The summed E-state index contributed by atoms with van der Waals surface area (Å²) in [4.78, 5) is 40.1. The van der Waals surface area contributed by atoms with Gasteiger partial charge in [-0.2, -0.15) is 26.3 Å². The first kappa shape index (κ1) is 32.3. The van der Waals surface area contributed by atoms with Crippen LogP contribution in [0, 0.1) is 5.41 Å². The first-order chi connectivity index (χ1) is 19.9. The molecule has 0 fully saturated rings.